The lowest BCUT2D eigenvalue weighted by atomic mass is 10.0. The third-order valence-corrected chi connectivity index (χ3v) is 4.23. The summed E-state index contributed by atoms with van der Waals surface area (Å²) >= 11 is 0. The molecule has 0 heterocycles. The number of amides is 1. The lowest BCUT2D eigenvalue weighted by Crippen LogP contribution is -2.29. The first-order chi connectivity index (χ1) is 10.3. The molecule has 0 unspecified atom stereocenters. The lowest BCUT2D eigenvalue weighted by molar-refractivity contribution is -0.140. The smallest absolute Gasteiger partial charge is 0.416 e. The summed E-state index contributed by atoms with van der Waals surface area (Å²) in [6, 6.07) is 5.00. The number of carboxylic acids is 1. The number of carboxylic acid groups (broad SMARTS) is 1. The first-order valence-corrected chi connectivity index (χ1v) is 6.98. The summed E-state index contributed by atoms with van der Waals surface area (Å²) in [5.74, 6) is -2.93. The van der Waals surface area contributed by atoms with E-state index < -0.39 is 29.5 Å². The van der Waals surface area contributed by atoms with Crippen LogP contribution in [0, 0.1) is 11.8 Å². The summed E-state index contributed by atoms with van der Waals surface area (Å²) in [6.45, 7) is 0. The monoisotopic (exact) mass is 313 g/mol. The largest absolute Gasteiger partial charge is 0.481 e. The van der Waals surface area contributed by atoms with Gasteiger partial charge in [0, 0.05) is 12.0 Å². The van der Waals surface area contributed by atoms with Crippen LogP contribution in [0.5, 0.6) is 0 Å². The summed E-state index contributed by atoms with van der Waals surface area (Å²) < 4.78 is 38.9. The van der Waals surface area contributed by atoms with Crippen molar-refractivity contribution in [3.8, 4) is 0 Å². The molecule has 0 aliphatic heterocycles. The predicted molar refractivity (Wildman–Crippen MR) is 70.0 cm³/mol. The Morgan fingerprint density at radius 3 is 2.41 bits per heavy atom. The van der Waals surface area contributed by atoms with Crippen molar-refractivity contribution in [1.82, 2.24) is 5.32 Å². The highest BCUT2D eigenvalue weighted by molar-refractivity contribution is 5.89. The fourth-order valence-corrected chi connectivity index (χ4v) is 2.82. The van der Waals surface area contributed by atoms with Crippen LogP contribution >= 0.6 is 0 Å². The van der Waals surface area contributed by atoms with Gasteiger partial charge in [-0.2, -0.15) is 13.2 Å². The van der Waals surface area contributed by atoms with Crippen molar-refractivity contribution in [3.05, 3.63) is 35.4 Å². The molecule has 0 radical (unpaired) electrons. The highest BCUT2D eigenvalue weighted by Gasteiger charge is 2.51. The molecule has 7 heteroatoms. The van der Waals surface area contributed by atoms with Gasteiger partial charge in [0.05, 0.1) is 17.4 Å². The first kappa shape index (κ1) is 14.9. The molecule has 3 rings (SSSR count). The number of carbonyl (C=O) groups excluding carboxylic acids is 1. The maximum absolute atomic E-state index is 13.0. The van der Waals surface area contributed by atoms with E-state index in [1.54, 1.807) is 6.07 Å². The van der Waals surface area contributed by atoms with Crippen molar-refractivity contribution >= 4 is 11.9 Å². The van der Waals surface area contributed by atoms with E-state index >= 15 is 0 Å². The summed E-state index contributed by atoms with van der Waals surface area (Å²) in [6.07, 6.45) is -3.67. The summed E-state index contributed by atoms with van der Waals surface area (Å²) in [7, 11) is 0. The standard InChI is InChI=1S/C15H14F3NO3/c16-15(17,18)11-4-2-1-3-7(11)8-6-12(8)19-13(20)9-5-10(9)14(21)22/h1-4,8-10,12H,5-6H2,(H,19,20)(H,21,22)/t8-,9+,10-,12-/m1/s1. The molecule has 2 N–H and O–H groups in total. The van der Waals surface area contributed by atoms with Crippen LogP contribution in [-0.2, 0) is 15.8 Å². The zero-order valence-electron chi connectivity index (χ0n) is 11.4. The van der Waals surface area contributed by atoms with E-state index in [-0.39, 0.29) is 23.4 Å². The van der Waals surface area contributed by atoms with Gasteiger partial charge in [0.25, 0.3) is 0 Å². The molecule has 0 bridgehead atoms. The SMILES string of the molecule is O=C(N[C@@H]1C[C@@H]1c1ccccc1C(F)(F)F)[C@H]1C[C@H]1C(=O)O. The van der Waals surface area contributed by atoms with Gasteiger partial charge in [-0.25, -0.2) is 0 Å². The Balaban J connectivity index is 1.64. The molecule has 2 aliphatic carbocycles. The molecule has 2 aliphatic rings. The van der Waals surface area contributed by atoms with Crippen molar-refractivity contribution in [2.45, 2.75) is 31.0 Å². The van der Waals surface area contributed by atoms with Gasteiger partial charge >= 0.3 is 12.1 Å². The van der Waals surface area contributed by atoms with Crippen molar-refractivity contribution in [3.63, 3.8) is 0 Å². The zero-order valence-corrected chi connectivity index (χ0v) is 11.4. The van der Waals surface area contributed by atoms with Crippen LogP contribution in [0.25, 0.3) is 0 Å². The van der Waals surface area contributed by atoms with E-state index in [9.17, 15) is 22.8 Å². The van der Waals surface area contributed by atoms with Crippen LogP contribution in [0.3, 0.4) is 0 Å². The normalized spacial score (nSPS) is 29.8. The predicted octanol–water partition coefficient (Wildman–Crippen LogP) is 2.40. The molecule has 0 aromatic heterocycles. The molecule has 4 nitrogen and oxygen atoms in total. The molecule has 0 spiro atoms. The van der Waals surface area contributed by atoms with E-state index in [0.29, 0.717) is 12.8 Å². The van der Waals surface area contributed by atoms with Crippen molar-refractivity contribution in [2.75, 3.05) is 0 Å². The Kier molecular flexibility index (Phi) is 3.38. The molecule has 1 amide bonds. The number of carbonyl (C=O) groups is 2. The minimum atomic E-state index is -4.42. The van der Waals surface area contributed by atoms with E-state index in [1.165, 1.54) is 12.1 Å². The van der Waals surface area contributed by atoms with Crippen molar-refractivity contribution < 1.29 is 27.9 Å². The third kappa shape index (κ3) is 2.80. The minimum Gasteiger partial charge on any atom is -0.481 e. The van der Waals surface area contributed by atoms with E-state index in [0.717, 1.165) is 6.07 Å². The summed E-state index contributed by atoms with van der Waals surface area (Å²) in [5.41, 5.74) is -0.488. The minimum absolute atomic E-state index is 0.186. The fraction of sp³-hybridized carbons (Fsp3) is 0.467. The quantitative estimate of drug-likeness (QED) is 0.897. The molecule has 22 heavy (non-hydrogen) atoms. The highest BCUT2D eigenvalue weighted by Crippen LogP contribution is 2.47. The number of benzene rings is 1. The average molecular weight is 313 g/mol. The number of nitrogens with one attached hydrogen (secondary N) is 1. The van der Waals surface area contributed by atoms with Gasteiger partial charge in [-0.1, -0.05) is 18.2 Å². The first-order valence-electron chi connectivity index (χ1n) is 6.98. The average Bonchev–Trinajstić information content (AvgIpc) is 3.31. The Morgan fingerprint density at radius 1 is 1.14 bits per heavy atom. The topological polar surface area (TPSA) is 66.4 Å². The van der Waals surface area contributed by atoms with Gasteiger partial charge in [0.15, 0.2) is 0 Å². The highest BCUT2D eigenvalue weighted by atomic mass is 19.4. The Morgan fingerprint density at radius 2 is 1.82 bits per heavy atom. The molecular weight excluding hydrogens is 299 g/mol. The lowest BCUT2D eigenvalue weighted by Gasteiger charge is -2.12. The number of hydrogen-bond donors (Lipinski definition) is 2. The maximum Gasteiger partial charge on any atom is 0.416 e. The van der Waals surface area contributed by atoms with Gasteiger partial charge in [-0.05, 0) is 24.5 Å². The van der Waals surface area contributed by atoms with E-state index in [4.69, 9.17) is 5.11 Å². The number of halogens is 3. The van der Waals surface area contributed by atoms with E-state index in [1.807, 2.05) is 0 Å². The maximum atomic E-state index is 13.0. The molecule has 118 valence electrons. The van der Waals surface area contributed by atoms with Crippen LogP contribution in [0.2, 0.25) is 0 Å². The van der Waals surface area contributed by atoms with Gasteiger partial charge < -0.3 is 10.4 Å². The van der Waals surface area contributed by atoms with Crippen LogP contribution in [0.15, 0.2) is 24.3 Å². The molecular formula is C15H14F3NO3. The zero-order chi connectivity index (χ0) is 16.1. The Bertz CT molecular complexity index is 629. The van der Waals surface area contributed by atoms with Crippen molar-refractivity contribution in [2.24, 2.45) is 11.8 Å². The van der Waals surface area contributed by atoms with Gasteiger partial charge in [0.2, 0.25) is 5.91 Å². The second-order valence-corrected chi connectivity index (χ2v) is 5.83. The van der Waals surface area contributed by atoms with Gasteiger partial charge in [-0.15, -0.1) is 0 Å². The van der Waals surface area contributed by atoms with Crippen LogP contribution in [0.1, 0.15) is 29.9 Å². The van der Waals surface area contributed by atoms with Gasteiger partial charge in [-0.3, -0.25) is 9.59 Å². The molecule has 4 atom stereocenters. The van der Waals surface area contributed by atoms with E-state index in [2.05, 4.69) is 5.32 Å². The second-order valence-electron chi connectivity index (χ2n) is 5.83. The fourth-order valence-electron chi connectivity index (χ4n) is 2.82. The Labute approximate surface area is 124 Å². The van der Waals surface area contributed by atoms with Crippen LogP contribution in [0.4, 0.5) is 13.2 Å². The van der Waals surface area contributed by atoms with Crippen LogP contribution in [-0.4, -0.2) is 23.0 Å². The number of hydrogen-bond acceptors (Lipinski definition) is 2. The van der Waals surface area contributed by atoms with Crippen LogP contribution < -0.4 is 5.32 Å². The number of aliphatic carboxylic acids is 1. The molecule has 0 saturated heterocycles. The molecule has 2 saturated carbocycles. The van der Waals surface area contributed by atoms with Crippen molar-refractivity contribution in [1.29, 1.82) is 0 Å². The number of alkyl halides is 3. The van der Waals surface area contributed by atoms with Gasteiger partial charge in [0.1, 0.15) is 0 Å². The summed E-state index contributed by atoms with van der Waals surface area (Å²) in [5, 5.41) is 11.4. The molecule has 2 fully saturated rings. The molecule has 1 aromatic carbocycles. The second kappa shape index (κ2) is 5.00. The summed E-state index contributed by atoms with van der Waals surface area (Å²) in [4.78, 5) is 22.5. The number of rotatable bonds is 4. The third-order valence-electron chi connectivity index (χ3n) is 4.23. The Hall–Kier alpha value is -2.05. The molecule has 1 aromatic rings.